The molecule has 2 amide bonds. The molecule has 6 nitrogen and oxygen atoms in total. The molecule has 0 radical (unpaired) electrons. The molecule has 188 valence electrons. The summed E-state index contributed by atoms with van der Waals surface area (Å²) in [6.07, 6.45) is 4.20. The van der Waals surface area contributed by atoms with Crippen molar-refractivity contribution in [3.05, 3.63) is 101 Å². The molecule has 7 heteroatoms. The lowest BCUT2D eigenvalue weighted by Gasteiger charge is -2.15. The highest BCUT2D eigenvalue weighted by Crippen LogP contribution is 2.30. The number of aromatic nitrogens is 2. The average molecular weight is 521 g/mol. The second kappa shape index (κ2) is 9.88. The highest BCUT2D eigenvalue weighted by Gasteiger charge is 2.23. The van der Waals surface area contributed by atoms with Gasteiger partial charge in [0.05, 0.1) is 11.0 Å². The molecular formula is C31H25ClN4O2. The van der Waals surface area contributed by atoms with Crippen molar-refractivity contribution in [1.29, 1.82) is 0 Å². The zero-order chi connectivity index (χ0) is 26.2. The summed E-state index contributed by atoms with van der Waals surface area (Å²) >= 11 is 6.11. The van der Waals surface area contributed by atoms with Crippen molar-refractivity contribution in [1.82, 2.24) is 14.9 Å². The third kappa shape index (κ3) is 4.71. The van der Waals surface area contributed by atoms with Crippen LogP contribution in [0.25, 0.3) is 38.6 Å². The van der Waals surface area contributed by atoms with Crippen molar-refractivity contribution in [3.63, 3.8) is 0 Å². The van der Waals surface area contributed by atoms with Crippen LogP contribution in [-0.4, -0.2) is 27.4 Å². The second-order valence-electron chi connectivity index (χ2n) is 9.48. The molecule has 3 aromatic carbocycles. The summed E-state index contributed by atoms with van der Waals surface area (Å²) < 4.78 is 1.97. The van der Waals surface area contributed by atoms with Gasteiger partial charge in [0.25, 0.3) is 5.91 Å². The Balaban J connectivity index is 1.59. The number of benzene rings is 3. The van der Waals surface area contributed by atoms with Gasteiger partial charge in [-0.3, -0.25) is 19.1 Å². The van der Waals surface area contributed by atoms with E-state index in [0.29, 0.717) is 22.5 Å². The van der Waals surface area contributed by atoms with Gasteiger partial charge in [0.15, 0.2) is 0 Å². The fourth-order valence-electron chi connectivity index (χ4n) is 4.55. The second-order valence-corrected chi connectivity index (χ2v) is 9.92. The van der Waals surface area contributed by atoms with E-state index >= 15 is 0 Å². The molecule has 1 aliphatic rings. The highest BCUT2D eigenvalue weighted by atomic mass is 35.5. The first kappa shape index (κ1) is 24.1. The van der Waals surface area contributed by atoms with E-state index in [0.717, 1.165) is 51.5 Å². The van der Waals surface area contributed by atoms with Gasteiger partial charge in [-0.05, 0) is 84.6 Å². The van der Waals surface area contributed by atoms with E-state index in [4.69, 9.17) is 11.6 Å². The predicted octanol–water partition coefficient (Wildman–Crippen LogP) is 6.23. The summed E-state index contributed by atoms with van der Waals surface area (Å²) in [4.78, 5) is 34.1. The molecular weight excluding hydrogens is 496 g/mol. The van der Waals surface area contributed by atoms with Crippen LogP contribution in [0.3, 0.4) is 0 Å². The molecule has 6 rings (SSSR count). The Labute approximate surface area is 224 Å². The average Bonchev–Trinajstić information content (AvgIpc) is 3.77. The van der Waals surface area contributed by atoms with Crippen LogP contribution in [0.2, 0.25) is 5.02 Å². The highest BCUT2D eigenvalue weighted by molar-refractivity contribution is 6.30. The maximum absolute atomic E-state index is 12.6. The van der Waals surface area contributed by atoms with E-state index in [1.807, 2.05) is 83.6 Å². The zero-order valence-electron chi connectivity index (χ0n) is 20.8. The number of hydrogen-bond acceptors (Lipinski definition) is 3. The fourth-order valence-corrected chi connectivity index (χ4v) is 4.68. The first-order valence-corrected chi connectivity index (χ1v) is 13.1. The lowest BCUT2D eigenvalue weighted by atomic mass is 10.0. The molecule has 1 aliphatic carbocycles. The SMILES string of the molecule is CCC(=O)N=c1ccc2cnc3ccc(-c4ccc(Cl)cc4)cc3c2n1-c1ccc(C(=O)NC2CC2)cc1. The van der Waals surface area contributed by atoms with Crippen molar-refractivity contribution >= 4 is 45.2 Å². The van der Waals surface area contributed by atoms with Gasteiger partial charge < -0.3 is 5.32 Å². The van der Waals surface area contributed by atoms with Crippen LogP contribution >= 0.6 is 11.6 Å². The van der Waals surface area contributed by atoms with Crippen LogP contribution in [-0.2, 0) is 4.79 Å². The number of fused-ring (bicyclic) bond motifs is 3. The van der Waals surface area contributed by atoms with Gasteiger partial charge in [0.2, 0.25) is 5.91 Å². The number of carbonyl (C=O) groups excluding carboxylic acids is 2. The monoisotopic (exact) mass is 520 g/mol. The van der Waals surface area contributed by atoms with E-state index in [9.17, 15) is 9.59 Å². The molecule has 0 spiro atoms. The maximum Gasteiger partial charge on any atom is 0.251 e. The summed E-state index contributed by atoms with van der Waals surface area (Å²) in [6, 6.07) is 25.3. The van der Waals surface area contributed by atoms with Crippen molar-refractivity contribution in [2.24, 2.45) is 4.99 Å². The Hall–Kier alpha value is -4.29. The van der Waals surface area contributed by atoms with Crippen LogP contribution < -0.4 is 10.8 Å². The van der Waals surface area contributed by atoms with E-state index in [-0.39, 0.29) is 17.9 Å². The van der Waals surface area contributed by atoms with Gasteiger partial charge in [-0.15, -0.1) is 0 Å². The first-order chi connectivity index (χ1) is 18.5. The number of nitrogens with zero attached hydrogens (tertiary/aromatic N) is 3. The lowest BCUT2D eigenvalue weighted by molar-refractivity contribution is -0.117. The van der Waals surface area contributed by atoms with Crippen LogP contribution in [0.15, 0.2) is 90.1 Å². The Kier molecular flexibility index (Phi) is 6.26. The smallest absolute Gasteiger partial charge is 0.251 e. The minimum Gasteiger partial charge on any atom is -0.349 e. The molecule has 0 unspecified atom stereocenters. The lowest BCUT2D eigenvalue weighted by Crippen LogP contribution is -2.25. The van der Waals surface area contributed by atoms with E-state index < -0.39 is 0 Å². The molecule has 0 aliphatic heterocycles. The van der Waals surface area contributed by atoms with Crippen LogP contribution in [0.4, 0.5) is 0 Å². The van der Waals surface area contributed by atoms with Crippen LogP contribution in [0.5, 0.6) is 0 Å². The van der Waals surface area contributed by atoms with Gasteiger partial charge in [-0.25, -0.2) is 0 Å². The zero-order valence-corrected chi connectivity index (χ0v) is 21.6. The van der Waals surface area contributed by atoms with Gasteiger partial charge >= 0.3 is 0 Å². The maximum atomic E-state index is 12.6. The number of rotatable bonds is 5. The van der Waals surface area contributed by atoms with Crippen LogP contribution in [0.1, 0.15) is 36.5 Å². The molecule has 1 fully saturated rings. The third-order valence-electron chi connectivity index (χ3n) is 6.75. The Morgan fingerprint density at radius 2 is 1.71 bits per heavy atom. The molecule has 2 heterocycles. The third-order valence-corrected chi connectivity index (χ3v) is 7.00. The quantitative estimate of drug-likeness (QED) is 0.279. The molecule has 0 bridgehead atoms. The van der Waals surface area contributed by atoms with Crippen molar-refractivity contribution in [2.75, 3.05) is 0 Å². The number of amides is 2. The number of pyridine rings is 2. The van der Waals surface area contributed by atoms with Gasteiger partial charge in [0, 0.05) is 45.7 Å². The van der Waals surface area contributed by atoms with Crippen molar-refractivity contribution < 1.29 is 9.59 Å². The summed E-state index contributed by atoms with van der Waals surface area (Å²) in [5.41, 5.74) is 5.67. The molecule has 0 saturated heterocycles. The normalized spacial score (nSPS) is 13.7. The number of nitrogens with one attached hydrogen (secondary N) is 1. The molecule has 38 heavy (non-hydrogen) atoms. The standard InChI is InChI=1S/C31H25ClN4O2/c1-2-29(37)35-28-16-8-22-18-33-27-15-7-21(19-3-9-23(32)10-4-19)17-26(27)30(22)36(28)25-13-5-20(6-14-25)31(38)34-24-11-12-24/h3-10,13-18,24H,2,11-12H2,1H3,(H,34,38). The molecule has 2 aromatic heterocycles. The minimum atomic E-state index is -0.209. The molecule has 5 aromatic rings. The Bertz CT molecular complexity index is 1770. The summed E-state index contributed by atoms with van der Waals surface area (Å²) in [5.74, 6) is -0.283. The van der Waals surface area contributed by atoms with Gasteiger partial charge in [-0.2, -0.15) is 4.99 Å². The van der Waals surface area contributed by atoms with E-state index in [1.165, 1.54) is 0 Å². The van der Waals surface area contributed by atoms with Gasteiger partial charge in [-0.1, -0.05) is 36.7 Å². The Morgan fingerprint density at radius 1 is 0.974 bits per heavy atom. The minimum absolute atomic E-state index is 0.0738. The van der Waals surface area contributed by atoms with Gasteiger partial charge in [0.1, 0.15) is 5.49 Å². The van der Waals surface area contributed by atoms with E-state index in [1.54, 1.807) is 6.92 Å². The summed E-state index contributed by atoms with van der Waals surface area (Å²) in [6.45, 7) is 1.79. The number of halogens is 1. The predicted molar refractivity (Wildman–Crippen MR) is 150 cm³/mol. The molecule has 1 saturated carbocycles. The number of carbonyl (C=O) groups is 2. The van der Waals surface area contributed by atoms with E-state index in [2.05, 4.69) is 21.4 Å². The van der Waals surface area contributed by atoms with Crippen molar-refractivity contribution in [2.45, 2.75) is 32.2 Å². The topological polar surface area (TPSA) is 76.3 Å². The largest absolute Gasteiger partial charge is 0.349 e. The first-order valence-electron chi connectivity index (χ1n) is 12.7. The Morgan fingerprint density at radius 3 is 2.42 bits per heavy atom. The molecule has 0 atom stereocenters. The van der Waals surface area contributed by atoms with Crippen LogP contribution in [0, 0.1) is 0 Å². The summed E-state index contributed by atoms with van der Waals surface area (Å²) in [5, 5.41) is 5.54. The molecule has 1 N–H and O–H groups in total. The number of hydrogen-bond donors (Lipinski definition) is 1. The van der Waals surface area contributed by atoms with Crippen molar-refractivity contribution in [3.8, 4) is 16.8 Å². The summed E-state index contributed by atoms with van der Waals surface area (Å²) in [7, 11) is 0. The fraction of sp³-hybridized carbons (Fsp3) is 0.161.